The van der Waals surface area contributed by atoms with Crippen molar-refractivity contribution >= 4 is 0 Å². The highest BCUT2D eigenvalue weighted by Gasteiger charge is 2.17. The van der Waals surface area contributed by atoms with E-state index in [0.29, 0.717) is 6.10 Å². The molecule has 1 unspecified atom stereocenters. The molecule has 10 heavy (non-hydrogen) atoms. The molecular weight excluding hydrogens is 126 g/mol. The van der Waals surface area contributed by atoms with Crippen molar-refractivity contribution in [2.45, 2.75) is 32.8 Å². The van der Waals surface area contributed by atoms with Gasteiger partial charge in [0, 0.05) is 6.61 Å². The van der Waals surface area contributed by atoms with Gasteiger partial charge in [0.2, 0.25) is 0 Å². The number of hydrogen-bond acceptors (Lipinski definition) is 2. The van der Waals surface area contributed by atoms with E-state index in [1.807, 2.05) is 0 Å². The van der Waals surface area contributed by atoms with Crippen LogP contribution in [0.25, 0.3) is 0 Å². The molecule has 0 aliphatic carbocycles. The van der Waals surface area contributed by atoms with E-state index < -0.39 is 0 Å². The van der Waals surface area contributed by atoms with Crippen molar-refractivity contribution in [3.63, 3.8) is 0 Å². The molecule has 0 saturated carbocycles. The number of nitrogens with two attached hydrogens (primary N) is 1. The molecule has 1 aliphatic rings. The van der Waals surface area contributed by atoms with Crippen LogP contribution in [0.1, 0.15) is 26.7 Å². The maximum atomic E-state index is 5.41. The average Bonchev–Trinajstić information content (AvgIpc) is 2.42. The van der Waals surface area contributed by atoms with Crippen LogP contribution >= 0.6 is 0 Å². The van der Waals surface area contributed by atoms with E-state index in [-0.39, 0.29) is 0 Å². The summed E-state index contributed by atoms with van der Waals surface area (Å²) in [7, 11) is 1.50. The Bertz CT molecular complexity index is 67.7. The lowest BCUT2D eigenvalue weighted by Gasteiger charge is -2.11. The molecule has 2 nitrogen and oxygen atoms in total. The van der Waals surface area contributed by atoms with Crippen molar-refractivity contribution in [1.29, 1.82) is 0 Å². The molecule has 62 valence electrons. The lowest BCUT2D eigenvalue weighted by Crippen LogP contribution is -2.12. The van der Waals surface area contributed by atoms with Gasteiger partial charge in [0.25, 0.3) is 0 Å². The fraction of sp³-hybridized carbons (Fsp3) is 1.00. The summed E-state index contributed by atoms with van der Waals surface area (Å²) < 4.78 is 5.41. The van der Waals surface area contributed by atoms with Gasteiger partial charge in [-0.3, -0.25) is 0 Å². The van der Waals surface area contributed by atoms with Gasteiger partial charge < -0.3 is 10.5 Å². The third-order valence-electron chi connectivity index (χ3n) is 1.71. The lowest BCUT2D eigenvalue weighted by atomic mass is 10.1. The monoisotopic (exact) mass is 145 g/mol. The first kappa shape index (κ1) is 9.92. The molecule has 0 bridgehead atoms. The van der Waals surface area contributed by atoms with Gasteiger partial charge in [-0.1, -0.05) is 13.8 Å². The van der Waals surface area contributed by atoms with Crippen LogP contribution in [0.4, 0.5) is 0 Å². The van der Waals surface area contributed by atoms with E-state index in [9.17, 15) is 0 Å². The Kier molecular flexibility index (Phi) is 5.64. The molecule has 1 rings (SSSR count). The Morgan fingerprint density at radius 2 is 2.00 bits per heavy atom. The van der Waals surface area contributed by atoms with Crippen LogP contribution in [-0.4, -0.2) is 19.8 Å². The molecule has 2 N–H and O–H groups in total. The smallest absolute Gasteiger partial charge is 0.0598 e. The zero-order valence-electron chi connectivity index (χ0n) is 7.26. The van der Waals surface area contributed by atoms with Gasteiger partial charge in [0.15, 0.2) is 0 Å². The summed E-state index contributed by atoms with van der Waals surface area (Å²) in [6.45, 7) is 5.43. The van der Waals surface area contributed by atoms with Gasteiger partial charge >= 0.3 is 0 Å². The largest absolute Gasteiger partial charge is 0.378 e. The van der Waals surface area contributed by atoms with Crippen molar-refractivity contribution in [3.05, 3.63) is 0 Å². The van der Waals surface area contributed by atoms with Crippen molar-refractivity contribution in [3.8, 4) is 0 Å². The van der Waals surface area contributed by atoms with E-state index in [1.165, 1.54) is 19.9 Å². The molecule has 1 fully saturated rings. The second kappa shape index (κ2) is 5.69. The summed E-state index contributed by atoms with van der Waals surface area (Å²) in [5, 5.41) is 0. The average molecular weight is 145 g/mol. The molecule has 0 radical (unpaired) electrons. The molecule has 0 aromatic rings. The van der Waals surface area contributed by atoms with E-state index in [4.69, 9.17) is 4.74 Å². The highest BCUT2D eigenvalue weighted by molar-refractivity contribution is 4.67. The van der Waals surface area contributed by atoms with Crippen LogP contribution in [0.15, 0.2) is 0 Å². The van der Waals surface area contributed by atoms with Crippen molar-refractivity contribution in [2.75, 3.05) is 13.7 Å². The molecule has 0 spiro atoms. The Hall–Kier alpha value is -0.0800. The minimum Gasteiger partial charge on any atom is -0.378 e. The van der Waals surface area contributed by atoms with Crippen molar-refractivity contribution in [1.82, 2.24) is 0 Å². The Morgan fingerprint density at radius 1 is 1.40 bits per heavy atom. The summed E-state index contributed by atoms with van der Waals surface area (Å²) in [5.41, 5.74) is 4.50. The first-order valence-electron chi connectivity index (χ1n) is 4.00. The van der Waals surface area contributed by atoms with Gasteiger partial charge in [0.1, 0.15) is 0 Å². The second-order valence-electron chi connectivity index (χ2n) is 2.80. The molecule has 1 atom stereocenters. The zero-order valence-corrected chi connectivity index (χ0v) is 7.26. The molecule has 0 amide bonds. The minimum atomic E-state index is 0.565. The number of hydrogen-bond donors (Lipinski definition) is 1. The second-order valence-corrected chi connectivity index (χ2v) is 2.80. The zero-order chi connectivity index (χ0) is 7.98. The Labute approximate surface area is 63.7 Å². The maximum Gasteiger partial charge on any atom is 0.0598 e. The lowest BCUT2D eigenvalue weighted by molar-refractivity contribution is 0.0758. The predicted octanol–water partition coefficient (Wildman–Crippen LogP) is 1.40. The topological polar surface area (TPSA) is 35.2 Å². The number of ether oxygens (including phenoxy) is 1. The van der Waals surface area contributed by atoms with Crippen LogP contribution < -0.4 is 5.73 Å². The summed E-state index contributed by atoms with van der Waals surface area (Å²) in [6.07, 6.45) is 3.11. The molecule has 2 heteroatoms. The first-order valence-corrected chi connectivity index (χ1v) is 4.00. The summed E-state index contributed by atoms with van der Waals surface area (Å²) in [4.78, 5) is 0. The quantitative estimate of drug-likeness (QED) is 0.605. The SMILES string of the molecule is CC(C)C1CCCO1.CN. The summed E-state index contributed by atoms with van der Waals surface area (Å²) >= 11 is 0. The molecule has 0 aromatic carbocycles. The van der Waals surface area contributed by atoms with E-state index >= 15 is 0 Å². The highest BCUT2D eigenvalue weighted by atomic mass is 16.5. The molecule has 1 heterocycles. The molecule has 1 aliphatic heterocycles. The third kappa shape index (κ3) is 3.18. The standard InChI is InChI=1S/C7H14O.CH5N/c1-6(2)7-4-3-5-8-7;1-2/h6-7H,3-5H2,1-2H3;2H2,1H3. The van der Waals surface area contributed by atoms with Crippen LogP contribution in [-0.2, 0) is 4.74 Å². The first-order chi connectivity index (χ1) is 4.80. The van der Waals surface area contributed by atoms with Crippen LogP contribution in [0.5, 0.6) is 0 Å². The highest BCUT2D eigenvalue weighted by Crippen LogP contribution is 2.18. The van der Waals surface area contributed by atoms with Gasteiger partial charge in [-0.2, -0.15) is 0 Å². The fourth-order valence-corrected chi connectivity index (χ4v) is 1.13. The van der Waals surface area contributed by atoms with E-state index in [1.54, 1.807) is 0 Å². The third-order valence-corrected chi connectivity index (χ3v) is 1.71. The summed E-state index contributed by atoms with van der Waals surface area (Å²) in [6, 6.07) is 0. The van der Waals surface area contributed by atoms with Crippen LogP contribution in [0.2, 0.25) is 0 Å². The van der Waals surface area contributed by atoms with Crippen LogP contribution in [0.3, 0.4) is 0 Å². The van der Waals surface area contributed by atoms with Gasteiger partial charge in [0.05, 0.1) is 6.10 Å². The fourth-order valence-electron chi connectivity index (χ4n) is 1.13. The molecule has 0 aromatic heterocycles. The van der Waals surface area contributed by atoms with E-state index in [2.05, 4.69) is 19.6 Å². The minimum absolute atomic E-state index is 0.565. The maximum absolute atomic E-state index is 5.41. The molecular formula is C8H19NO. The van der Waals surface area contributed by atoms with Gasteiger partial charge in [-0.15, -0.1) is 0 Å². The van der Waals surface area contributed by atoms with Crippen LogP contribution in [0, 0.1) is 5.92 Å². The van der Waals surface area contributed by atoms with Gasteiger partial charge in [-0.25, -0.2) is 0 Å². The predicted molar refractivity (Wildman–Crippen MR) is 43.9 cm³/mol. The normalized spacial score (nSPS) is 24.3. The molecule has 1 saturated heterocycles. The van der Waals surface area contributed by atoms with E-state index in [0.717, 1.165) is 12.5 Å². The van der Waals surface area contributed by atoms with Crippen molar-refractivity contribution < 1.29 is 4.74 Å². The number of rotatable bonds is 1. The van der Waals surface area contributed by atoms with Gasteiger partial charge in [-0.05, 0) is 25.8 Å². The summed E-state index contributed by atoms with van der Waals surface area (Å²) in [5.74, 6) is 0.720. The van der Waals surface area contributed by atoms with Crippen molar-refractivity contribution in [2.24, 2.45) is 11.7 Å². The Balaban J connectivity index is 0.000000371. The Morgan fingerprint density at radius 3 is 2.20 bits per heavy atom.